The van der Waals surface area contributed by atoms with E-state index in [1.54, 1.807) is 12.1 Å². The van der Waals surface area contributed by atoms with Crippen molar-refractivity contribution in [3.8, 4) is 0 Å². The molecule has 0 saturated carbocycles. The summed E-state index contributed by atoms with van der Waals surface area (Å²) in [5.41, 5.74) is 11.4. The summed E-state index contributed by atoms with van der Waals surface area (Å²) < 4.78 is 0. The number of allylic oxidation sites excluding steroid dienone is 1. The van der Waals surface area contributed by atoms with Gasteiger partial charge in [-0.3, -0.25) is 14.6 Å². The van der Waals surface area contributed by atoms with Gasteiger partial charge in [-0.15, -0.1) is 0 Å². The molecule has 1 unspecified atom stereocenters. The number of fused-ring (bicyclic) bond motifs is 1. The molecule has 0 aliphatic heterocycles. The van der Waals surface area contributed by atoms with E-state index in [1.165, 1.54) is 11.1 Å². The quantitative estimate of drug-likeness (QED) is 0.433. The molecule has 1 N–H and O–H groups in total. The van der Waals surface area contributed by atoms with Crippen molar-refractivity contribution in [2.75, 3.05) is 5.32 Å². The number of anilines is 1. The number of aliphatic imine (C=N–C) groups is 1. The van der Waals surface area contributed by atoms with Gasteiger partial charge in [-0.1, -0.05) is 59.7 Å². The summed E-state index contributed by atoms with van der Waals surface area (Å²) in [6.07, 6.45) is 1.31. The molecule has 3 aromatic rings. The molecular formula is C32H32N2O2. The number of Topliss-reactive ketones (excluding diaryl/α,β-unsaturated/α-hetero) is 2. The number of benzene rings is 3. The van der Waals surface area contributed by atoms with Gasteiger partial charge in [0.2, 0.25) is 0 Å². The zero-order chi connectivity index (χ0) is 25.7. The van der Waals surface area contributed by atoms with Crippen LogP contribution in [-0.4, -0.2) is 23.3 Å². The number of carbonyl (C=O) groups is 2. The maximum atomic E-state index is 13.9. The molecule has 2 aliphatic rings. The van der Waals surface area contributed by atoms with E-state index >= 15 is 0 Å². The van der Waals surface area contributed by atoms with Gasteiger partial charge in [0.05, 0.1) is 23.0 Å². The van der Waals surface area contributed by atoms with Crippen molar-refractivity contribution in [3.63, 3.8) is 0 Å². The first-order valence-corrected chi connectivity index (χ1v) is 12.6. The highest BCUT2D eigenvalue weighted by Gasteiger charge is 2.41. The Morgan fingerprint density at radius 2 is 1.28 bits per heavy atom. The predicted octanol–water partition coefficient (Wildman–Crippen LogP) is 7.26. The van der Waals surface area contributed by atoms with E-state index in [-0.39, 0.29) is 17.6 Å². The number of hydrogen-bond donors (Lipinski definition) is 1. The molecule has 36 heavy (non-hydrogen) atoms. The smallest absolute Gasteiger partial charge is 0.196 e. The summed E-state index contributed by atoms with van der Waals surface area (Å²) in [6, 6.07) is 15.4. The highest BCUT2D eigenvalue weighted by atomic mass is 16.1. The van der Waals surface area contributed by atoms with Gasteiger partial charge in [0.25, 0.3) is 0 Å². The summed E-state index contributed by atoms with van der Waals surface area (Å²) in [6.45, 7) is 12.4. The Balaban J connectivity index is 1.69. The summed E-state index contributed by atoms with van der Waals surface area (Å²) in [5.74, 6) is -0.185. The van der Waals surface area contributed by atoms with E-state index in [4.69, 9.17) is 4.99 Å². The number of nitrogens with zero attached hydrogens (tertiary/aromatic N) is 1. The molecule has 4 heteroatoms. The molecule has 1 atom stereocenters. The largest absolute Gasteiger partial charge is 0.378 e. The van der Waals surface area contributed by atoms with Crippen LogP contribution in [0.15, 0.2) is 64.7 Å². The van der Waals surface area contributed by atoms with E-state index in [9.17, 15) is 9.59 Å². The molecule has 0 saturated heterocycles. The Hall–Kier alpha value is -3.79. The molecule has 0 spiro atoms. The first-order chi connectivity index (χ1) is 17.2. The average molecular weight is 477 g/mol. The third kappa shape index (κ3) is 4.01. The lowest BCUT2D eigenvalue weighted by molar-refractivity contribution is 0.0973. The molecular weight excluding hydrogens is 444 g/mol. The van der Waals surface area contributed by atoms with E-state index in [0.717, 1.165) is 33.6 Å². The zero-order valence-electron chi connectivity index (χ0n) is 21.9. The first kappa shape index (κ1) is 23.9. The summed E-state index contributed by atoms with van der Waals surface area (Å²) in [5, 5.41) is 3.65. The lowest BCUT2D eigenvalue weighted by Gasteiger charge is -2.33. The molecule has 2 aliphatic carbocycles. The topological polar surface area (TPSA) is 58.5 Å². The standard InChI is InChI=1S/C32H32N2O2/c1-17-13-19(3)29(20(4)14-17)33-25-11-12-26(34-30-21(5)15-18(2)16-22(30)6)28-27(25)31(35)23-9-7-8-10-24(23)32(28)36/h7-10,13-16,25,33H,11-12H2,1-6H3. The minimum Gasteiger partial charge on any atom is -0.378 e. The lowest BCUT2D eigenvalue weighted by Crippen LogP contribution is -2.39. The van der Waals surface area contributed by atoms with Crippen LogP contribution in [0.25, 0.3) is 0 Å². The second-order valence-corrected chi connectivity index (χ2v) is 10.3. The number of ketones is 2. The van der Waals surface area contributed by atoms with Gasteiger partial charge in [0.15, 0.2) is 11.6 Å². The molecule has 4 nitrogen and oxygen atoms in total. The maximum absolute atomic E-state index is 13.9. The average Bonchev–Trinajstić information content (AvgIpc) is 2.82. The number of hydrogen-bond acceptors (Lipinski definition) is 4. The fourth-order valence-corrected chi connectivity index (χ4v) is 5.89. The van der Waals surface area contributed by atoms with Crippen LogP contribution in [0.2, 0.25) is 0 Å². The van der Waals surface area contributed by atoms with Crippen LogP contribution in [0.3, 0.4) is 0 Å². The van der Waals surface area contributed by atoms with Crippen molar-refractivity contribution >= 4 is 28.7 Å². The van der Waals surface area contributed by atoms with Gasteiger partial charge >= 0.3 is 0 Å². The molecule has 0 heterocycles. The van der Waals surface area contributed by atoms with Crippen molar-refractivity contribution in [2.24, 2.45) is 4.99 Å². The summed E-state index contributed by atoms with van der Waals surface area (Å²) in [4.78, 5) is 32.8. The number of carbonyl (C=O) groups excluding carboxylic acids is 2. The lowest BCUT2D eigenvalue weighted by atomic mass is 9.74. The van der Waals surface area contributed by atoms with Gasteiger partial charge in [-0.25, -0.2) is 0 Å². The van der Waals surface area contributed by atoms with Crippen molar-refractivity contribution in [2.45, 2.75) is 60.4 Å². The molecule has 182 valence electrons. The van der Waals surface area contributed by atoms with E-state index in [1.807, 2.05) is 26.0 Å². The Morgan fingerprint density at radius 1 is 0.750 bits per heavy atom. The highest BCUT2D eigenvalue weighted by Crippen LogP contribution is 2.38. The minimum atomic E-state index is -0.260. The minimum absolute atomic E-state index is 0.0788. The van der Waals surface area contributed by atoms with Gasteiger partial charge in [0, 0.05) is 22.4 Å². The van der Waals surface area contributed by atoms with E-state index < -0.39 is 0 Å². The third-order valence-corrected chi connectivity index (χ3v) is 7.34. The molecule has 0 radical (unpaired) electrons. The number of nitrogens with one attached hydrogen (secondary N) is 1. The van der Waals surface area contributed by atoms with E-state index in [2.05, 4.69) is 57.3 Å². The molecule has 0 amide bonds. The monoisotopic (exact) mass is 476 g/mol. The predicted molar refractivity (Wildman–Crippen MR) is 147 cm³/mol. The molecule has 5 rings (SSSR count). The van der Waals surface area contributed by atoms with Gasteiger partial charge in [0.1, 0.15) is 0 Å². The Labute approximate surface area is 213 Å². The Kier molecular flexibility index (Phi) is 5.99. The normalized spacial score (nSPS) is 18.4. The second kappa shape index (κ2) is 9.02. The fourth-order valence-electron chi connectivity index (χ4n) is 5.89. The Morgan fingerprint density at radius 3 is 1.86 bits per heavy atom. The summed E-state index contributed by atoms with van der Waals surface area (Å²) >= 11 is 0. The maximum Gasteiger partial charge on any atom is 0.196 e. The summed E-state index contributed by atoms with van der Waals surface area (Å²) in [7, 11) is 0. The Bertz CT molecular complexity index is 1460. The van der Waals surface area contributed by atoms with Crippen LogP contribution in [0.4, 0.5) is 11.4 Å². The van der Waals surface area contributed by atoms with Crippen LogP contribution < -0.4 is 5.32 Å². The third-order valence-electron chi connectivity index (χ3n) is 7.34. The van der Waals surface area contributed by atoms with Gasteiger partial charge < -0.3 is 5.32 Å². The van der Waals surface area contributed by atoms with Crippen LogP contribution in [0.1, 0.15) is 66.9 Å². The highest BCUT2D eigenvalue weighted by molar-refractivity contribution is 6.38. The van der Waals surface area contributed by atoms with E-state index in [0.29, 0.717) is 40.8 Å². The van der Waals surface area contributed by atoms with Gasteiger partial charge in [-0.05, 0) is 76.6 Å². The van der Waals surface area contributed by atoms with Crippen LogP contribution in [-0.2, 0) is 0 Å². The number of rotatable bonds is 3. The van der Waals surface area contributed by atoms with Crippen molar-refractivity contribution in [1.82, 2.24) is 0 Å². The fraction of sp³-hybridized carbons (Fsp3) is 0.281. The van der Waals surface area contributed by atoms with Gasteiger partial charge in [-0.2, -0.15) is 0 Å². The first-order valence-electron chi connectivity index (χ1n) is 12.6. The van der Waals surface area contributed by atoms with Crippen molar-refractivity contribution < 1.29 is 9.59 Å². The zero-order valence-corrected chi connectivity index (χ0v) is 21.9. The molecule has 3 aromatic carbocycles. The molecule has 0 aromatic heterocycles. The van der Waals surface area contributed by atoms with Crippen LogP contribution in [0, 0.1) is 41.5 Å². The van der Waals surface area contributed by atoms with Crippen molar-refractivity contribution in [1.29, 1.82) is 0 Å². The second-order valence-electron chi connectivity index (χ2n) is 10.3. The van der Waals surface area contributed by atoms with Crippen molar-refractivity contribution in [3.05, 3.63) is 104 Å². The SMILES string of the molecule is Cc1cc(C)c(N=C2CCC(Nc3c(C)cc(C)cc3C)C3=C2C(=O)c2ccccc2C3=O)c(C)c1. The van der Waals surface area contributed by atoms with Crippen LogP contribution >= 0.6 is 0 Å². The molecule has 0 bridgehead atoms. The van der Waals surface area contributed by atoms with Crippen LogP contribution in [0.5, 0.6) is 0 Å². The number of aryl methyl sites for hydroxylation is 6. The molecule has 0 fully saturated rings.